The van der Waals surface area contributed by atoms with E-state index in [-0.39, 0.29) is 12.3 Å². The molecule has 1 N–H and O–H groups in total. The van der Waals surface area contributed by atoms with Crippen LogP contribution in [0.2, 0.25) is 0 Å². The van der Waals surface area contributed by atoms with Gasteiger partial charge >= 0.3 is 0 Å². The molecule has 23 heavy (non-hydrogen) atoms. The second kappa shape index (κ2) is 6.04. The lowest BCUT2D eigenvalue weighted by molar-refractivity contribution is -0.134. The van der Waals surface area contributed by atoms with E-state index in [1.165, 1.54) is 4.90 Å². The number of hydrogen-bond donors (Lipinski definition) is 1. The summed E-state index contributed by atoms with van der Waals surface area (Å²) < 4.78 is 0. The topological polar surface area (TPSA) is 66.5 Å². The molecule has 0 bridgehead atoms. The number of aryl methyl sites for hydroxylation is 1. The minimum absolute atomic E-state index is 0.0747. The Bertz CT molecular complexity index is 771. The molecule has 2 aromatic carbocycles. The number of para-hydroxylation sites is 2. The maximum Gasteiger partial charge on any atom is 0.247 e. The fraction of sp³-hybridized carbons (Fsp3) is 0.167. The van der Waals surface area contributed by atoms with Crippen LogP contribution in [0.4, 0.5) is 11.4 Å². The minimum atomic E-state index is -1.28. The van der Waals surface area contributed by atoms with E-state index in [2.05, 4.69) is 5.32 Å². The third-order valence-electron chi connectivity index (χ3n) is 3.88. The highest BCUT2D eigenvalue weighted by Gasteiger charge is 2.44. The van der Waals surface area contributed by atoms with Crippen molar-refractivity contribution in [1.82, 2.24) is 0 Å². The number of amides is 2. The Balaban J connectivity index is 1.80. The van der Waals surface area contributed by atoms with Gasteiger partial charge in [-0.1, -0.05) is 36.4 Å². The van der Waals surface area contributed by atoms with Gasteiger partial charge in [0.15, 0.2) is 11.7 Å². The summed E-state index contributed by atoms with van der Waals surface area (Å²) in [6, 6.07) is 16.1. The van der Waals surface area contributed by atoms with Gasteiger partial charge in [-0.15, -0.1) is 0 Å². The molecule has 0 aromatic heterocycles. The summed E-state index contributed by atoms with van der Waals surface area (Å²) in [5.41, 5.74) is 2.10. The van der Waals surface area contributed by atoms with E-state index >= 15 is 0 Å². The molecule has 0 aliphatic carbocycles. The smallest absolute Gasteiger partial charge is 0.247 e. The van der Waals surface area contributed by atoms with E-state index in [1.54, 1.807) is 36.4 Å². The van der Waals surface area contributed by atoms with E-state index in [4.69, 9.17) is 0 Å². The van der Waals surface area contributed by atoms with Gasteiger partial charge in [0.25, 0.3) is 0 Å². The number of carbonyl (C=O) groups excluding carboxylic acids is 3. The van der Waals surface area contributed by atoms with Crippen molar-refractivity contribution in [2.45, 2.75) is 6.92 Å². The van der Waals surface area contributed by atoms with Gasteiger partial charge in [0, 0.05) is 11.4 Å². The maximum absolute atomic E-state index is 12.5. The number of benzene rings is 2. The SMILES string of the molecule is Cc1ccccc1NC(=O)[C@H]1C(=O)CN(c2ccccc2)C1=O. The summed E-state index contributed by atoms with van der Waals surface area (Å²) in [6.07, 6.45) is 0. The Hall–Kier alpha value is -2.95. The second-order valence-electron chi connectivity index (χ2n) is 5.46. The Morgan fingerprint density at radius 2 is 1.70 bits per heavy atom. The largest absolute Gasteiger partial charge is 0.325 e. The summed E-state index contributed by atoms with van der Waals surface area (Å²) in [4.78, 5) is 38.4. The van der Waals surface area contributed by atoms with Crippen molar-refractivity contribution in [3.8, 4) is 0 Å². The normalized spacial score (nSPS) is 17.4. The number of anilines is 2. The van der Waals surface area contributed by atoms with Crippen LogP contribution in [0.3, 0.4) is 0 Å². The monoisotopic (exact) mass is 308 g/mol. The van der Waals surface area contributed by atoms with Gasteiger partial charge < -0.3 is 10.2 Å². The highest BCUT2D eigenvalue weighted by atomic mass is 16.2. The van der Waals surface area contributed by atoms with E-state index in [9.17, 15) is 14.4 Å². The fourth-order valence-corrected chi connectivity index (χ4v) is 2.62. The minimum Gasteiger partial charge on any atom is -0.325 e. The van der Waals surface area contributed by atoms with Gasteiger partial charge in [-0.25, -0.2) is 0 Å². The van der Waals surface area contributed by atoms with Crippen LogP contribution in [0, 0.1) is 12.8 Å². The molecule has 1 atom stereocenters. The first kappa shape index (κ1) is 15.0. The maximum atomic E-state index is 12.5. The van der Waals surface area contributed by atoms with Crippen molar-refractivity contribution in [2.24, 2.45) is 5.92 Å². The number of rotatable bonds is 3. The molecule has 116 valence electrons. The quantitative estimate of drug-likeness (QED) is 0.884. The average Bonchev–Trinajstić information content (AvgIpc) is 2.85. The third-order valence-corrected chi connectivity index (χ3v) is 3.88. The molecular weight excluding hydrogens is 292 g/mol. The van der Waals surface area contributed by atoms with Crippen molar-refractivity contribution < 1.29 is 14.4 Å². The van der Waals surface area contributed by atoms with Crippen LogP contribution in [0.15, 0.2) is 54.6 Å². The average molecular weight is 308 g/mol. The van der Waals surface area contributed by atoms with E-state index in [0.717, 1.165) is 5.56 Å². The third kappa shape index (κ3) is 2.85. The molecule has 5 nitrogen and oxygen atoms in total. The van der Waals surface area contributed by atoms with Crippen LogP contribution < -0.4 is 10.2 Å². The number of nitrogens with one attached hydrogen (secondary N) is 1. The van der Waals surface area contributed by atoms with Gasteiger partial charge in [-0.2, -0.15) is 0 Å². The summed E-state index contributed by atoms with van der Waals surface area (Å²) in [7, 11) is 0. The van der Waals surface area contributed by atoms with Crippen molar-refractivity contribution in [2.75, 3.05) is 16.8 Å². The number of ketones is 1. The Kier molecular flexibility index (Phi) is 3.93. The Morgan fingerprint density at radius 1 is 1.04 bits per heavy atom. The zero-order valence-corrected chi connectivity index (χ0v) is 12.7. The van der Waals surface area contributed by atoms with Crippen LogP contribution >= 0.6 is 0 Å². The molecule has 0 spiro atoms. The van der Waals surface area contributed by atoms with E-state index < -0.39 is 17.7 Å². The molecule has 1 aliphatic heterocycles. The lowest BCUT2D eigenvalue weighted by Crippen LogP contribution is -2.34. The van der Waals surface area contributed by atoms with Gasteiger partial charge in [-0.3, -0.25) is 14.4 Å². The fourth-order valence-electron chi connectivity index (χ4n) is 2.62. The van der Waals surface area contributed by atoms with Gasteiger partial charge in [0.2, 0.25) is 11.8 Å². The first-order valence-electron chi connectivity index (χ1n) is 7.33. The molecule has 5 heteroatoms. The molecule has 1 aliphatic rings. The lowest BCUT2D eigenvalue weighted by atomic mass is 10.1. The predicted molar refractivity (Wildman–Crippen MR) is 87.1 cm³/mol. The number of nitrogens with zero attached hydrogens (tertiary/aromatic N) is 1. The van der Waals surface area contributed by atoms with E-state index in [0.29, 0.717) is 11.4 Å². The van der Waals surface area contributed by atoms with Crippen molar-refractivity contribution in [1.29, 1.82) is 0 Å². The zero-order chi connectivity index (χ0) is 16.4. The van der Waals surface area contributed by atoms with Crippen LogP contribution in [0.25, 0.3) is 0 Å². The standard InChI is InChI=1S/C18H16N2O3/c1-12-7-5-6-10-14(12)19-17(22)16-15(21)11-20(18(16)23)13-8-3-2-4-9-13/h2-10,16H,11H2,1H3,(H,19,22)/t16-/m1/s1. The van der Waals surface area contributed by atoms with Crippen LogP contribution in [-0.2, 0) is 14.4 Å². The molecule has 2 amide bonds. The Labute approximate surface area is 133 Å². The zero-order valence-electron chi connectivity index (χ0n) is 12.7. The molecule has 0 radical (unpaired) electrons. The number of Topliss-reactive ketones (excluding diaryl/α,β-unsaturated/α-hetero) is 1. The highest BCUT2D eigenvalue weighted by molar-refractivity contribution is 6.30. The van der Waals surface area contributed by atoms with Gasteiger partial charge in [0.05, 0.1) is 6.54 Å². The molecule has 1 heterocycles. The molecule has 0 saturated carbocycles. The van der Waals surface area contributed by atoms with Crippen LogP contribution in [0.1, 0.15) is 5.56 Å². The molecule has 1 saturated heterocycles. The number of hydrogen-bond acceptors (Lipinski definition) is 3. The molecule has 3 rings (SSSR count). The summed E-state index contributed by atoms with van der Waals surface area (Å²) in [5, 5.41) is 2.68. The molecule has 2 aromatic rings. The molecular formula is C18H16N2O3. The van der Waals surface area contributed by atoms with Gasteiger partial charge in [0.1, 0.15) is 0 Å². The summed E-state index contributed by atoms with van der Waals surface area (Å²) in [6.45, 7) is 1.78. The van der Waals surface area contributed by atoms with Crippen molar-refractivity contribution in [3.63, 3.8) is 0 Å². The van der Waals surface area contributed by atoms with Crippen LogP contribution in [-0.4, -0.2) is 24.1 Å². The van der Waals surface area contributed by atoms with Crippen LogP contribution in [0.5, 0.6) is 0 Å². The van der Waals surface area contributed by atoms with E-state index in [1.807, 2.05) is 25.1 Å². The lowest BCUT2D eigenvalue weighted by Gasteiger charge is -2.15. The first-order valence-corrected chi connectivity index (χ1v) is 7.33. The number of carbonyl (C=O) groups is 3. The second-order valence-corrected chi connectivity index (χ2v) is 5.46. The molecule has 1 fully saturated rings. The summed E-state index contributed by atoms with van der Waals surface area (Å²) in [5.74, 6) is -2.72. The summed E-state index contributed by atoms with van der Waals surface area (Å²) >= 11 is 0. The van der Waals surface area contributed by atoms with Crippen molar-refractivity contribution >= 4 is 29.0 Å². The predicted octanol–water partition coefficient (Wildman–Crippen LogP) is 2.17. The molecule has 0 unspecified atom stereocenters. The highest BCUT2D eigenvalue weighted by Crippen LogP contribution is 2.24. The van der Waals surface area contributed by atoms with Gasteiger partial charge in [-0.05, 0) is 30.7 Å². The van der Waals surface area contributed by atoms with Crippen molar-refractivity contribution in [3.05, 3.63) is 60.2 Å². The Morgan fingerprint density at radius 3 is 2.39 bits per heavy atom. The first-order chi connectivity index (χ1) is 11.1.